The number of methoxy groups -OCH3 is 1. The number of likely N-dealkylation sites (tertiary alicyclic amines) is 1. The molecule has 1 aliphatic heterocycles. The third-order valence-corrected chi connectivity index (χ3v) is 9.42. The first-order chi connectivity index (χ1) is 18.6. The Balaban J connectivity index is 1.27. The lowest BCUT2D eigenvalue weighted by atomic mass is 9.91. The zero-order valence-electron chi connectivity index (χ0n) is 21.7. The summed E-state index contributed by atoms with van der Waals surface area (Å²) in [5, 5.41) is 26.8. The predicted molar refractivity (Wildman–Crippen MR) is 146 cm³/mol. The molecule has 4 atom stereocenters. The lowest BCUT2D eigenvalue weighted by Crippen LogP contribution is -2.31. The Kier molecular flexibility index (Phi) is 5.33. The van der Waals surface area contributed by atoms with Crippen molar-refractivity contribution >= 4 is 11.0 Å². The molecule has 7 rings (SSSR count). The van der Waals surface area contributed by atoms with E-state index in [9.17, 15) is 10.4 Å². The van der Waals surface area contributed by atoms with Gasteiger partial charge in [-0.25, -0.2) is 4.98 Å². The highest BCUT2D eigenvalue weighted by Gasteiger charge is 2.66. The highest BCUT2D eigenvalue weighted by molar-refractivity contribution is 5.93. The number of fused-ring (bicyclic) bond motifs is 3. The standard InChI is InChI=1S/C31H31N5O2/c1-18-25-16-36(12-13-37)17-31(18,25)21-9-6-19(7-10-21)28-30-26(34-35-28)14-27(38-2)29(33-30)24-5-3-4-22-20(15-32)8-11-23(22)24/h3-7,9-10,14,18,20,25,37H,8,11-13,16-17H2,1-2H3,(H,34,35)/t18?,20?,25?,31-/m1/s1. The fourth-order valence-corrected chi connectivity index (χ4v) is 7.33. The maximum absolute atomic E-state index is 9.59. The minimum absolute atomic E-state index is 0.0634. The van der Waals surface area contributed by atoms with Crippen LogP contribution in [0.2, 0.25) is 0 Å². The van der Waals surface area contributed by atoms with E-state index in [2.05, 4.69) is 64.5 Å². The second-order valence-corrected chi connectivity index (χ2v) is 11.1. The van der Waals surface area contributed by atoms with Crippen LogP contribution in [0.25, 0.3) is 33.5 Å². The van der Waals surface area contributed by atoms with E-state index in [0.717, 1.165) is 71.6 Å². The number of β-amino-alcohol motifs (C(OH)–C–C–N with tert-alkyl or cyclic N) is 1. The number of aliphatic hydroxyl groups excluding tert-OH is 1. The quantitative estimate of drug-likeness (QED) is 0.395. The van der Waals surface area contributed by atoms with Crippen molar-refractivity contribution in [1.82, 2.24) is 20.1 Å². The highest BCUT2D eigenvalue weighted by Crippen LogP contribution is 2.63. The SMILES string of the molecule is COc1cc2[nH]nc(-c3ccc([C@]45CN(CCO)CC4C5C)cc3)c2nc1-c1cccc2c1CCC2C#N. The third kappa shape index (κ3) is 3.27. The molecule has 0 bridgehead atoms. The van der Waals surface area contributed by atoms with E-state index >= 15 is 0 Å². The number of nitriles is 1. The summed E-state index contributed by atoms with van der Waals surface area (Å²) in [4.78, 5) is 7.50. The zero-order valence-corrected chi connectivity index (χ0v) is 21.7. The number of benzene rings is 2. The molecule has 2 fully saturated rings. The molecule has 0 amide bonds. The van der Waals surface area contributed by atoms with E-state index in [4.69, 9.17) is 9.72 Å². The number of rotatable bonds is 6. The average molecular weight is 506 g/mol. The smallest absolute Gasteiger partial charge is 0.147 e. The molecule has 192 valence electrons. The van der Waals surface area contributed by atoms with Crippen LogP contribution in [0.4, 0.5) is 0 Å². The molecule has 3 aliphatic rings. The molecule has 7 heteroatoms. The van der Waals surface area contributed by atoms with Crippen LogP contribution in [0, 0.1) is 23.2 Å². The number of H-pyrrole nitrogens is 1. The van der Waals surface area contributed by atoms with Crippen LogP contribution in [0.15, 0.2) is 48.5 Å². The molecule has 0 spiro atoms. The van der Waals surface area contributed by atoms with Gasteiger partial charge in [-0.1, -0.05) is 49.4 Å². The maximum Gasteiger partial charge on any atom is 0.147 e. The molecule has 2 N–H and O–H groups in total. The second-order valence-electron chi connectivity index (χ2n) is 11.1. The number of aliphatic hydroxyl groups is 1. The second kappa shape index (κ2) is 8.65. The molecule has 1 saturated carbocycles. The van der Waals surface area contributed by atoms with E-state index in [1.807, 2.05) is 12.1 Å². The van der Waals surface area contributed by atoms with Gasteiger partial charge < -0.3 is 9.84 Å². The van der Waals surface area contributed by atoms with Gasteiger partial charge >= 0.3 is 0 Å². The molecule has 4 aromatic rings. The highest BCUT2D eigenvalue weighted by atomic mass is 16.5. The Morgan fingerprint density at radius 3 is 2.82 bits per heavy atom. The van der Waals surface area contributed by atoms with Gasteiger partial charge in [-0.3, -0.25) is 10.00 Å². The molecule has 38 heavy (non-hydrogen) atoms. The number of nitrogens with zero attached hydrogens (tertiary/aromatic N) is 4. The zero-order chi connectivity index (χ0) is 26.0. The predicted octanol–water partition coefficient (Wildman–Crippen LogP) is 4.67. The lowest BCUT2D eigenvalue weighted by Gasteiger charge is -2.22. The van der Waals surface area contributed by atoms with Gasteiger partial charge in [-0.15, -0.1) is 0 Å². The fraction of sp³-hybridized carbons (Fsp3) is 0.387. The number of ether oxygens (including phenoxy) is 1. The van der Waals surface area contributed by atoms with E-state index in [1.54, 1.807) is 7.11 Å². The number of hydrogen-bond donors (Lipinski definition) is 2. The first kappa shape index (κ1) is 23.4. The summed E-state index contributed by atoms with van der Waals surface area (Å²) in [5.74, 6) is 1.96. The number of piperidine rings is 1. The van der Waals surface area contributed by atoms with E-state index < -0.39 is 0 Å². The molecule has 3 heterocycles. The number of nitrogens with one attached hydrogen (secondary N) is 1. The van der Waals surface area contributed by atoms with Crippen LogP contribution in [0.5, 0.6) is 5.75 Å². The lowest BCUT2D eigenvalue weighted by molar-refractivity contribution is 0.200. The minimum atomic E-state index is -0.0634. The maximum atomic E-state index is 9.59. The summed E-state index contributed by atoms with van der Waals surface area (Å²) in [6, 6.07) is 19.4. The van der Waals surface area contributed by atoms with Crippen molar-refractivity contribution in [3.63, 3.8) is 0 Å². The van der Waals surface area contributed by atoms with E-state index in [1.165, 1.54) is 11.1 Å². The van der Waals surface area contributed by atoms with Crippen molar-refractivity contribution in [3.8, 4) is 34.3 Å². The molecule has 0 radical (unpaired) electrons. The van der Waals surface area contributed by atoms with Crippen LogP contribution < -0.4 is 4.74 Å². The number of pyridine rings is 1. The van der Waals surface area contributed by atoms with Crippen molar-refractivity contribution in [3.05, 3.63) is 65.2 Å². The molecule has 3 unspecified atom stereocenters. The number of aromatic nitrogens is 3. The Hall–Kier alpha value is -3.73. The van der Waals surface area contributed by atoms with Crippen molar-refractivity contribution < 1.29 is 9.84 Å². The summed E-state index contributed by atoms with van der Waals surface area (Å²) >= 11 is 0. The monoisotopic (exact) mass is 505 g/mol. The molecule has 2 aliphatic carbocycles. The van der Waals surface area contributed by atoms with Crippen molar-refractivity contribution in [2.24, 2.45) is 11.8 Å². The van der Waals surface area contributed by atoms with Crippen LogP contribution in [0.1, 0.15) is 36.0 Å². The Morgan fingerprint density at radius 2 is 2.05 bits per heavy atom. The van der Waals surface area contributed by atoms with Gasteiger partial charge in [-0.2, -0.15) is 10.4 Å². The van der Waals surface area contributed by atoms with Gasteiger partial charge in [0.05, 0.1) is 31.2 Å². The summed E-state index contributed by atoms with van der Waals surface area (Å²) in [6.45, 7) is 5.41. The molecule has 2 aromatic heterocycles. The third-order valence-electron chi connectivity index (χ3n) is 9.42. The van der Waals surface area contributed by atoms with Crippen molar-refractivity contribution in [2.75, 3.05) is 33.4 Å². The summed E-state index contributed by atoms with van der Waals surface area (Å²) in [6.07, 6.45) is 1.71. The first-order valence-electron chi connectivity index (χ1n) is 13.5. The van der Waals surface area contributed by atoms with Crippen LogP contribution in [-0.2, 0) is 11.8 Å². The molecular weight excluding hydrogens is 474 g/mol. The van der Waals surface area contributed by atoms with Gasteiger partial charge in [0.1, 0.15) is 22.7 Å². The topological polar surface area (TPSA) is 98.1 Å². The first-order valence-corrected chi connectivity index (χ1v) is 13.5. The van der Waals surface area contributed by atoms with Crippen LogP contribution in [0.3, 0.4) is 0 Å². The van der Waals surface area contributed by atoms with Crippen LogP contribution in [-0.4, -0.2) is 58.5 Å². The van der Waals surface area contributed by atoms with Gasteiger partial charge in [-0.05, 0) is 41.4 Å². The Morgan fingerprint density at radius 1 is 1.21 bits per heavy atom. The Labute approximate surface area is 222 Å². The summed E-state index contributed by atoms with van der Waals surface area (Å²) < 4.78 is 5.77. The van der Waals surface area contributed by atoms with E-state index in [0.29, 0.717) is 17.6 Å². The Bertz CT molecular complexity index is 1590. The average Bonchev–Trinajstić information content (AvgIpc) is 3.43. The van der Waals surface area contributed by atoms with E-state index in [-0.39, 0.29) is 17.9 Å². The van der Waals surface area contributed by atoms with Gasteiger partial charge in [0.15, 0.2) is 0 Å². The molecular formula is C31H31N5O2. The summed E-state index contributed by atoms with van der Waals surface area (Å²) in [5.41, 5.74) is 9.19. The van der Waals surface area contributed by atoms with Gasteiger partial charge in [0, 0.05) is 42.2 Å². The number of aromatic amines is 1. The molecule has 2 aromatic carbocycles. The van der Waals surface area contributed by atoms with Crippen molar-refractivity contribution in [1.29, 1.82) is 5.26 Å². The van der Waals surface area contributed by atoms with Crippen molar-refractivity contribution in [2.45, 2.75) is 31.1 Å². The summed E-state index contributed by atoms with van der Waals surface area (Å²) in [7, 11) is 1.67. The normalized spacial score (nSPS) is 25.8. The molecule has 1 saturated heterocycles. The molecule has 7 nitrogen and oxygen atoms in total. The minimum Gasteiger partial charge on any atom is -0.494 e. The van der Waals surface area contributed by atoms with Crippen LogP contribution >= 0.6 is 0 Å². The van der Waals surface area contributed by atoms with Gasteiger partial charge in [0.25, 0.3) is 0 Å². The van der Waals surface area contributed by atoms with Gasteiger partial charge in [0.2, 0.25) is 0 Å². The number of hydrogen-bond acceptors (Lipinski definition) is 6. The fourth-order valence-electron chi connectivity index (χ4n) is 7.33. The largest absolute Gasteiger partial charge is 0.494 e.